The van der Waals surface area contributed by atoms with Gasteiger partial charge in [-0.3, -0.25) is 9.59 Å². The molecule has 0 saturated carbocycles. The third-order valence-electron chi connectivity index (χ3n) is 3.59. The Morgan fingerprint density at radius 2 is 1.85 bits per heavy atom. The zero-order valence-corrected chi connectivity index (χ0v) is 15.7. The molecule has 2 rings (SSSR count). The molecule has 0 fully saturated rings. The number of carbonyl (C=O) groups excluding carboxylic acids is 2. The first-order valence-corrected chi connectivity index (χ1v) is 10.3. The Hall–Kier alpha value is -2.26. The first-order valence-electron chi connectivity index (χ1n) is 7.84. The summed E-state index contributed by atoms with van der Waals surface area (Å²) < 4.78 is 39.0. The normalized spacial score (nSPS) is 12.4. The quantitative estimate of drug-likeness (QED) is 0.666. The van der Waals surface area contributed by atoms with Gasteiger partial charge >= 0.3 is 0 Å². The second-order valence-electron chi connectivity index (χ2n) is 5.54. The third kappa shape index (κ3) is 5.37. The molecule has 2 amide bonds. The predicted octanol–water partition coefficient (Wildman–Crippen LogP) is 2.04. The van der Waals surface area contributed by atoms with Gasteiger partial charge in [-0.05, 0) is 35.7 Å². The maximum atomic E-state index is 13.1. The molecule has 0 aliphatic carbocycles. The molecule has 2 N–H and O–H groups in total. The van der Waals surface area contributed by atoms with Crippen LogP contribution in [-0.4, -0.2) is 33.3 Å². The Bertz CT molecular complexity index is 849. The van der Waals surface area contributed by atoms with Crippen molar-refractivity contribution in [3.8, 4) is 0 Å². The molecule has 1 aromatic heterocycles. The van der Waals surface area contributed by atoms with Gasteiger partial charge < -0.3 is 10.6 Å². The summed E-state index contributed by atoms with van der Waals surface area (Å²) in [6.07, 6.45) is 0.0489. The van der Waals surface area contributed by atoms with Crippen LogP contribution >= 0.6 is 11.3 Å². The minimum absolute atomic E-state index is 0.00945. The number of nitrogens with one attached hydrogen (secondary N) is 2. The van der Waals surface area contributed by atoms with Gasteiger partial charge in [-0.1, -0.05) is 6.07 Å². The molecule has 2 aromatic rings. The highest BCUT2D eigenvalue weighted by atomic mass is 32.2. The van der Waals surface area contributed by atoms with E-state index in [9.17, 15) is 22.4 Å². The summed E-state index contributed by atoms with van der Waals surface area (Å²) in [7, 11) is -3.81. The predicted molar refractivity (Wildman–Crippen MR) is 97.0 cm³/mol. The van der Waals surface area contributed by atoms with Crippen LogP contribution < -0.4 is 10.6 Å². The highest BCUT2D eigenvalue weighted by Crippen LogP contribution is 2.31. The summed E-state index contributed by atoms with van der Waals surface area (Å²) in [6, 6.07) is 8.01. The van der Waals surface area contributed by atoms with Gasteiger partial charge in [0, 0.05) is 31.3 Å². The first-order chi connectivity index (χ1) is 12.3. The largest absolute Gasteiger partial charge is 0.356 e. The van der Waals surface area contributed by atoms with Crippen LogP contribution in [0.15, 0.2) is 46.7 Å². The lowest BCUT2D eigenvalue weighted by Crippen LogP contribution is -2.34. The zero-order valence-electron chi connectivity index (χ0n) is 14.1. The second kappa shape index (κ2) is 8.91. The molecule has 1 heterocycles. The van der Waals surface area contributed by atoms with Crippen molar-refractivity contribution < 1.29 is 22.4 Å². The monoisotopic (exact) mass is 398 g/mol. The molecule has 1 atom stereocenters. The summed E-state index contributed by atoms with van der Waals surface area (Å²) in [5.41, 5.74) is 0. The Balaban J connectivity index is 2.13. The summed E-state index contributed by atoms with van der Waals surface area (Å²) in [4.78, 5) is 23.3. The van der Waals surface area contributed by atoms with E-state index in [4.69, 9.17) is 0 Å². The van der Waals surface area contributed by atoms with Crippen LogP contribution in [-0.2, 0) is 19.4 Å². The molecule has 0 radical (unpaired) electrons. The van der Waals surface area contributed by atoms with Gasteiger partial charge in [0.25, 0.3) is 0 Å². The molecule has 9 heteroatoms. The molecule has 0 aliphatic rings. The maximum Gasteiger partial charge on any atom is 0.221 e. The van der Waals surface area contributed by atoms with E-state index < -0.39 is 20.9 Å². The Kier molecular flexibility index (Phi) is 6.87. The number of carbonyl (C=O) groups is 2. The minimum Gasteiger partial charge on any atom is -0.356 e. The highest BCUT2D eigenvalue weighted by molar-refractivity contribution is 7.91. The summed E-state index contributed by atoms with van der Waals surface area (Å²) in [6.45, 7) is 1.41. The Morgan fingerprint density at radius 1 is 1.15 bits per heavy atom. The number of rotatable bonds is 8. The molecule has 0 aliphatic heterocycles. The molecule has 1 aromatic carbocycles. The SMILES string of the molecule is CC(=O)NCCC(=O)NCC(c1cccs1)S(=O)(=O)c1ccc(F)cc1. The molecule has 0 bridgehead atoms. The van der Waals surface area contributed by atoms with E-state index >= 15 is 0 Å². The number of hydrogen-bond acceptors (Lipinski definition) is 5. The van der Waals surface area contributed by atoms with Crippen molar-refractivity contribution in [3.63, 3.8) is 0 Å². The van der Waals surface area contributed by atoms with Crippen LogP contribution in [0.3, 0.4) is 0 Å². The Morgan fingerprint density at radius 3 is 2.42 bits per heavy atom. The molecular weight excluding hydrogens is 379 g/mol. The summed E-state index contributed by atoms with van der Waals surface area (Å²) in [5.74, 6) is -1.13. The highest BCUT2D eigenvalue weighted by Gasteiger charge is 2.30. The second-order valence-corrected chi connectivity index (χ2v) is 8.65. The number of amides is 2. The van der Waals surface area contributed by atoms with Crippen molar-refractivity contribution >= 4 is 33.0 Å². The lowest BCUT2D eigenvalue weighted by atomic mass is 10.3. The van der Waals surface area contributed by atoms with Crippen LogP contribution in [0.1, 0.15) is 23.5 Å². The number of thiophene rings is 1. The van der Waals surface area contributed by atoms with Crippen molar-refractivity contribution in [3.05, 3.63) is 52.5 Å². The number of benzene rings is 1. The van der Waals surface area contributed by atoms with Gasteiger partial charge in [-0.15, -0.1) is 11.3 Å². The van der Waals surface area contributed by atoms with Crippen molar-refractivity contribution in [2.45, 2.75) is 23.5 Å². The van der Waals surface area contributed by atoms with Crippen LogP contribution in [0.4, 0.5) is 4.39 Å². The van der Waals surface area contributed by atoms with Crippen molar-refractivity contribution in [1.29, 1.82) is 0 Å². The van der Waals surface area contributed by atoms with Crippen LogP contribution in [0, 0.1) is 5.82 Å². The van der Waals surface area contributed by atoms with Gasteiger partial charge in [-0.25, -0.2) is 12.8 Å². The lowest BCUT2D eigenvalue weighted by molar-refractivity contribution is -0.121. The fraction of sp³-hybridized carbons (Fsp3) is 0.294. The van der Waals surface area contributed by atoms with E-state index in [0.717, 1.165) is 12.1 Å². The standard InChI is InChI=1S/C17H19FN2O4S2/c1-12(21)19-9-8-17(22)20-11-16(15-3-2-10-25-15)26(23,24)14-6-4-13(18)5-7-14/h2-7,10,16H,8-9,11H2,1H3,(H,19,21)(H,20,22). The number of hydrogen-bond donors (Lipinski definition) is 2. The number of halogens is 1. The molecule has 1 unspecified atom stereocenters. The number of sulfone groups is 1. The fourth-order valence-electron chi connectivity index (χ4n) is 2.27. The smallest absolute Gasteiger partial charge is 0.221 e. The molecule has 26 heavy (non-hydrogen) atoms. The summed E-state index contributed by atoms with van der Waals surface area (Å²) in [5, 5.41) is 5.87. The fourth-order valence-corrected chi connectivity index (χ4v) is 5.06. The molecular formula is C17H19FN2O4S2. The van der Waals surface area contributed by atoms with E-state index in [1.807, 2.05) is 0 Å². The van der Waals surface area contributed by atoms with Gasteiger partial charge in [0.15, 0.2) is 9.84 Å². The van der Waals surface area contributed by atoms with Gasteiger partial charge in [-0.2, -0.15) is 0 Å². The molecule has 140 valence electrons. The van der Waals surface area contributed by atoms with E-state index in [-0.39, 0.29) is 36.2 Å². The first kappa shape index (κ1) is 20.1. The Labute approximate surface area is 155 Å². The lowest BCUT2D eigenvalue weighted by Gasteiger charge is -2.17. The van der Waals surface area contributed by atoms with E-state index in [1.165, 1.54) is 30.4 Å². The topological polar surface area (TPSA) is 92.3 Å². The molecule has 0 saturated heterocycles. The van der Waals surface area contributed by atoms with Crippen molar-refractivity contribution in [1.82, 2.24) is 10.6 Å². The van der Waals surface area contributed by atoms with E-state index in [0.29, 0.717) is 4.88 Å². The van der Waals surface area contributed by atoms with Crippen LogP contribution in [0.5, 0.6) is 0 Å². The summed E-state index contributed by atoms with van der Waals surface area (Å²) >= 11 is 1.27. The van der Waals surface area contributed by atoms with Crippen LogP contribution in [0.2, 0.25) is 0 Å². The van der Waals surface area contributed by atoms with E-state index in [1.54, 1.807) is 17.5 Å². The van der Waals surface area contributed by atoms with Gasteiger partial charge in [0.2, 0.25) is 11.8 Å². The third-order valence-corrected chi connectivity index (χ3v) is 6.82. The maximum absolute atomic E-state index is 13.1. The minimum atomic E-state index is -3.81. The molecule has 0 spiro atoms. The average Bonchev–Trinajstić information content (AvgIpc) is 3.09. The van der Waals surface area contributed by atoms with Gasteiger partial charge in [0.05, 0.1) is 4.90 Å². The molecule has 6 nitrogen and oxygen atoms in total. The average molecular weight is 398 g/mol. The van der Waals surface area contributed by atoms with Gasteiger partial charge in [0.1, 0.15) is 11.1 Å². The van der Waals surface area contributed by atoms with Crippen LogP contribution in [0.25, 0.3) is 0 Å². The zero-order chi connectivity index (χ0) is 19.2. The van der Waals surface area contributed by atoms with Crippen molar-refractivity contribution in [2.75, 3.05) is 13.1 Å². The van der Waals surface area contributed by atoms with E-state index in [2.05, 4.69) is 10.6 Å². The van der Waals surface area contributed by atoms with Crippen molar-refractivity contribution in [2.24, 2.45) is 0 Å².